The first-order valence-electron chi connectivity index (χ1n) is 16.9. The molecule has 0 saturated carbocycles. The van der Waals surface area contributed by atoms with Crippen molar-refractivity contribution in [3.8, 4) is 0 Å². The van der Waals surface area contributed by atoms with Gasteiger partial charge in [0.05, 0.1) is 0 Å². The van der Waals surface area contributed by atoms with Crippen LogP contribution in [0.15, 0.2) is 0 Å². The van der Waals surface area contributed by atoms with Crippen LogP contribution in [0.5, 0.6) is 0 Å². The van der Waals surface area contributed by atoms with Gasteiger partial charge >= 0.3 is 0 Å². The van der Waals surface area contributed by atoms with E-state index in [1.807, 2.05) is 0 Å². The largest absolute Gasteiger partial charge is 0.396 e. The maximum atomic E-state index is 10.3. The Morgan fingerprint density at radius 3 is 0.800 bits per heavy atom. The van der Waals surface area contributed by atoms with Crippen LogP contribution in [0.1, 0.15) is 201 Å². The zero-order chi connectivity index (χ0) is 25.7. The van der Waals surface area contributed by atoms with E-state index >= 15 is 0 Å². The average Bonchev–Trinajstić information content (AvgIpc) is 2.87. The Morgan fingerprint density at radius 2 is 0.543 bits per heavy atom. The molecule has 0 spiro atoms. The van der Waals surface area contributed by atoms with Crippen molar-refractivity contribution < 1.29 is 5.11 Å². The molecule has 0 aliphatic carbocycles. The fourth-order valence-electron chi connectivity index (χ4n) is 5.89. The Morgan fingerprint density at radius 1 is 0.314 bits per heavy atom. The Hall–Kier alpha value is -0.0400. The van der Waals surface area contributed by atoms with Crippen LogP contribution in [0.2, 0.25) is 0 Å². The quantitative estimate of drug-likeness (QED) is 0.0984. The lowest BCUT2D eigenvalue weighted by atomic mass is 9.81. The number of aliphatic hydroxyl groups is 1. The number of hydrogen-bond donors (Lipinski definition) is 1. The minimum Gasteiger partial charge on any atom is -0.396 e. The molecule has 0 aromatic rings. The van der Waals surface area contributed by atoms with Crippen molar-refractivity contribution in [3.05, 3.63) is 0 Å². The van der Waals surface area contributed by atoms with E-state index < -0.39 is 0 Å². The Kier molecular flexibility index (Phi) is 30.2. The SMILES string of the molecule is CCCCCCCCCCCC(CCCCCCCCCC)C(CO)CCCCCCCCCC. The molecule has 0 aliphatic heterocycles. The van der Waals surface area contributed by atoms with Crippen molar-refractivity contribution in [3.63, 3.8) is 0 Å². The van der Waals surface area contributed by atoms with Gasteiger partial charge in [0.2, 0.25) is 0 Å². The van der Waals surface area contributed by atoms with Crippen LogP contribution < -0.4 is 0 Å². The zero-order valence-corrected chi connectivity index (χ0v) is 25.1. The average molecular weight is 495 g/mol. The van der Waals surface area contributed by atoms with Crippen LogP contribution in [0.4, 0.5) is 0 Å². The smallest absolute Gasteiger partial charge is 0.0461 e. The molecule has 1 heteroatoms. The van der Waals surface area contributed by atoms with E-state index in [1.165, 1.54) is 180 Å². The number of hydrogen-bond acceptors (Lipinski definition) is 1. The van der Waals surface area contributed by atoms with E-state index in [2.05, 4.69) is 20.8 Å². The first kappa shape index (κ1) is 35.0. The third kappa shape index (κ3) is 25.4. The van der Waals surface area contributed by atoms with E-state index in [4.69, 9.17) is 0 Å². The summed E-state index contributed by atoms with van der Waals surface area (Å²) in [4.78, 5) is 0. The molecule has 0 fully saturated rings. The Labute approximate surface area is 224 Å². The molecule has 0 aromatic carbocycles. The highest BCUT2D eigenvalue weighted by molar-refractivity contribution is 4.71. The topological polar surface area (TPSA) is 20.2 Å². The van der Waals surface area contributed by atoms with Crippen LogP contribution in [0, 0.1) is 11.8 Å². The highest BCUT2D eigenvalue weighted by Gasteiger charge is 2.20. The van der Waals surface area contributed by atoms with E-state index in [9.17, 15) is 5.11 Å². The van der Waals surface area contributed by atoms with Gasteiger partial charge in [0.15, 0.2) is 0 Å². The standard InChI is InChI=1S/C34H70O/c1-4-7-10-13-16-19-22-24-27-30-33(29-26-23-20-17-14-11-8-5-2)34(32-35)31-28-25-21-18-15-12-9-6-3/h33-35H,4-32H2,1-3H3. The first-order chi connectivity index (χ1) is 17.3. The summed E-state index contributed by atoms with van der Waals surface area (Å²) in [5.74, 6) is 1.34. The summed E-state index contributed by atoms with van der Waals surface area (Å²) in [6, 6.07) is 0. The van der Waals surface area contributed by atoms with Gasteiger partial charge in [-0.25, -0.2) is 0 Å². The molecule has 1 nitrogen and oxygen atoms in total. The summed E-state index contributed by atoms with van der Waals surface area (Å²) in [6.45, 7) is 7.33. The molecule has 0 bridgehead atoms. The monoisotopic (exact) mass is 495 g/mol. The molecule has 2 unspecified atom stereocenters. The Bertz CT molecular complexity index is 366. The first-order valence-corrected chi connectivity index (χ1v) is 16.9. The van der Waals surface area contributed by atoms with Crippen LogP contribution >= 0.6 is 0 Å². The van der Waals surface area contributed by atoms with Crippen LogP contribution in [-0.4, -0.2) is 11.7 Å². The summed E-state index contributed by atoms with van der Waals surface area (Å²) in [7, 11) is 0. The highest BCUT2D eigenvalue weighted by Crippen LogP contribution is 2.30. The van der Waals surface area contributed by atoms with E-state index in [-0.39, 0.29) is 0 Å². The van der Waals surface area contributed by atoms with Crippen molar-refractivity contribution in [1.82, 2.24) is 0 Å². The molecule has 0 aliphatic rings. The molecule has 212 valence electrons. The minimum atomic E-state index is 0.426. The summed E-state index contributed by atoms with van der Waals surface area (Å²) in [5.41, 5.74) is 0. The fraction of sp³-hybridized carbons (Fsp3) is 1.00. The molecule has 0 aromatic heterocycles. The number of unbranched alkanes of at least 4 members (excludes halogenated alkanes) is 22. The van der Waals surface area contributed by atoms with Crippen molar-refractivity contribution in [2.45, 2.75) is 201 Å². The lowest BCUT2D eigenvalue weighted by Gasteiger charge is -2.26. The minimum absolute atomic E-state index is 0.426. The van der Waals surface area contributed by atoms with Crippen LogP contribution in [0.25, 0.3) is 0 Å². The van der Waals surface area contributed by atoms with Crippen LogP contribution in [-0.2, 0) is 0 Å². The maximum absolute atomic E-state index is 10.3. The molecular weight excluding hydrogens is 424 g/mol. The van der Waals surface area contributed by atoms with Crippen molar-refractivity contribution in [2.24, 2.45) is 11.8 Å². The molecule has 0 amide bonds. The third-order valence-electron chi connectivity index (χ3n) is 8.44. The van der Waals surface area contributed by atoms with Crippen molar-refractivity contribution in [1.29, 1.82) is 0 Å². The van der Waals surface area contributed by atoms with Gasteiger partial charge in [-0.05, 0) is 18.3 Å². The molecular formula is C34H70O. The van der Waals surface area contributed by atoms with Gasteiger partial charge in [-0.15, -0.1) is 0 Å². The van der Waals surface area contributed by atoms with Gasteiger partial charge in [-0.2, -0.15) is 0 Å². The molecule has 0 rings (SSSR count). The van der Waals surface area contributed by atoms with Gasteiger partial charge in [0.1, 0.15) is 0 Å². The van der Waals surface area contributed by atoms with Gasteiger partial charge in [0.25, 0.3) is 0 Å². The predicted octanol–water partition coefficient (Wildman–Crippen LogP) is 12.2. The van der Waals surface area contributed by atoms with E-state index in [0.717, 1.165) is 5.92 Å². The third-order valence-corrected chi connectivity index (χ3v) is 8.44. The van der Waals surface area contributed by atoms with Gasteiger partial charge in [-0.1, -0.05) is 194 Å². The van der Waals surface area contributed by atoms with E-state index in [0.29, 0.717) is 12.5 Å². The summed E-state index contributed by atoms with van der Waals surface area (Å²) < 4.78 is 0. The fourth-order valence-corrected chi connectivity index (χ4v) is 5.89. The van der Waals surface area contributed by atoms with Gasteiger partial charge < -0.3 is 5.11 Å². The molecule has 0 radical (unpaired) electrons. The molecule has 2 atom stereocenters. The lowest BCUT2D eigenvalue weighted by Crippen LogP contribution is -2.19. The molecule has 0 saturated heterocycles. The zero-order valence-electron chi connectivity index (χ0n) is 25.1. The summed E-state index contributed by atoms with van der Waals surface area (Å²) >= 11 is 0. The summed E-state index contributed by atoms with van der Waals surface area (Å²) in [5, 5.41) is 10.3. The molecule has 35 heavy (non-hydrogen) atoms. The van der Waals surface area contributed by atoms with Crippen molar-refractivity contribution >= 4 is 0 Å². The summed E-state index contributed by atoms with van der Waals surface area (Å²) in [6.07, 6.45) is 39.2. The predicted molar refractivity (Wildman–Crippen MR) is 160 cm³/mol. The second-order valence-corrected chi connectivity index (χ2v) is 11.8. The lowest BCUT2D eigenvalue weighted by molar-refractivity contribution is 0.147. The highest BCUT2D eigenvalue weighted by atomic mass is 16.3. The van der Waals surface area contributed by atoms with Crippen LogP contribution in [0.3, 0.4) is 0 Å². The number of aliphatic hydroxyl groups excluding tert-OH is 1. The van der Waals surface area contributed by atoms with Crippen molar-refractivity contribution in [2.75, 3.05) is 6.61 Å². The molecule has 1 N–H and O–H groups in total. The maximum Gasteiger partial charge on any atom is 0.0461 e. The molecule has 0 heterocycles. The second-order valence-electron chi connectivity index (χ2n) is 11.8. The second kappa shape index (κ2) is 30.2. The number of rotatable bonds is 30. The Balaban J connectivity index is 4.19. The van der Waals surface area contributed by atoms with Gasteiger partial charge in [0, 0.05) is 6.61 Å². The van der Waals surface area contributed by atoms with E-state index in [1.54, 1.807) is 0 Å². The normalized spacial score (nSPS) is 13.4. The van der Waals surface area contributed by atoms with Gasteiger partial charge in [-0.3, -0.25) is 0 Å².